The van der Waals surface area contributed by atoms with E-state index in [2.05, 4.69) is 15.6 Å². The van der Waals surface area contributed by atoms with Crippen molar-refractivity contribution < 1.29 is 9.59 Å². The van der Waals surface area contributed by atoms with Crippen molar-refractivity contribution in [3.8, 4) is 0 Å². The Morgan fingerprint density at radius 3 is 2.37 bits per heavy atom. The Labute approximate surface area is 160 Å². The van der Waals surface area contributed by atoms with Crippen LogP contribution in [0.15, 0.2) is 54.7 Å². The molecule has 0 saturated heterocycles. The molecule has 142 valence electrons. The highest BCUT2D eigenvalue weighted by molar-refractivity contribution is 5.94. The second-order valence-corrected chi connectivity index (χ2v) is 7.29. The molecule has 1 aliphatic rings. The van der Waals surface area contributed by atoms with E-state index in [4.69, 9.17) is 0 Å². The van der Waals surface area contributed by atoms with Crippen molar-refractivity contribution >= 4 is 11.8 Å². The van der Waals surface area contributed by atoms with Gasteiger partial charge in [-0.2, -0.15) is 0 Å². The molecular formula is C22H27N3O2. The van der Waals surface area contributed by atoms with Gasteiger partial charge in [-0.15, -0.1) is 0 Å². The van der Waals surface area contributed by atoms with E-state index in [1.54, 1.807) is 13.1 Å². The van der Waals surface area contributed by atoms with Gasteiger partial charge < -0.3 is 10.6 Å². The number of amides is 2. The Hall–Kier alpha value is -2.69. The Balaban J connectivity index is 1.52. The summed E-state index contributed by atoms with van der Waals surface area (Å²) in [6.07, 6.45) is 5.90. The molecule has 1 aromatic carbocycles. The third-order valence-corrected chi connectivity index (χ3v) is 5.32. The highest BCUT2D eigenvalue weighted by Gasteiger charge is 2.30. The molecule has 5 nitrogen and oxygen atoms in total. The van der Waals surface area contributed by atoms with Crippen molar-refractivity contribution in [1.82, 2.24) is 15.6 Å². The molecular weight excluding hydrogens is 338 g/mol. The summed E-state index contributed by atoms with van der Waals surface area (Å²) in [5, 5.41) is 6.14. The van der Waals surface area contributed by atoms with E-state index in [1.165, 1.54) is 0 Å². The van der Waals surface area contributed by atoms with Crippen LogP contribution >= 0.6 is 0 Å². The maximum absolute atomic E-state index is 12.2. The molecule has 1 heterocycles. The van der Waals surface area contributed by atoms with Gasteiger partial charge in [0, 0.05) is 25.2 Å². The van der Waals surface area contributed by atoms with Gasteiger partial charge in [0.1, 0.15) is 0 Å². The lowest BCUT2D eigenvalue weighted by molar-refractivity contribution is -0.120. The Morgan fingerprint density at radius 1 is 1.04 bits per heavy atom. The molecule has 2 amide bonds. The van der Waals surface area contributed by atoms with Crippen LogP contribution in [0.4, 0.5) is 0 Å². The molecule has 1 aromatic heterocycles. The van der Waals surface area contributed by atoms with Gasteiger partial charge in [-0.05, 0) is 61.8 Å². The average molecular weight is 365 g/mol. The zero-order chi connectivity index (χ0) is 19.1. The topological polar surface area (TPSA) is 71.1 Å². The summed E-state index contributed by atoms with van der Waals surface area (Å²) in [5.41, 5.74) is 1.63. The molecule has 5 heteroatoms. The first-order valence-electron chi connectivity index (χ1n) is 9.64. The number of carbonyl (C=O) groups is 2. The van der Waals surface area contributed by atoms with Crippen LogP contribution in [0, 0.1) is 11.8 Å². The number of aromatic nitrogens is 1. The Morgan fingerprint density at radius 2 is 1.74 bits per heavy atom. The minimum Gasteiger partial charge on any atom is -0.352 e. The van der Waals surface area contributed by atoms with Gasteiger partial charge in [0.2, 0.25) is 5.91 Å². The fourth-order valence-electron chi connectivity index (χ4n) is 3.87. The minimum absolute atomic E-state index is 0.0117. The SMILES string of the molecule is CC(=O)N[C@H](c1ccccn1)C1CCC(CNC(=O)c2ccccc2)CC1. The number of carbonyl (C=O) groups excluding carboxylic acids is 2. The number of rotatable bonds is 6. The van der Waals surface area contributed by atoms with Crippen molar-refractivity contribution in [3.05, 3.63) is 66.0 Å². The summed E-state index contributed by atoms with van der Waals surface area (Å²) >= 11 is 0. The fourth-order valence-corrected chi connectivity index (χ4v) is 3.87. The number of nitrogens with zero attached hydrogens (tertiary/aromatic N) is 1. The fraction of sp³-hybridized carbons (Fsp3) is 0.409. The third kappa shape index (κ3) is 5.39. The van der Waals surface area contributed by atoms with Crippen LogP contribution in [0.5, 0.6) is 0 Å². The lowest BCUT2D eigenvalue weighted by Crippen LogP contribution is -2.36. The predicted octanol–water partition coefficient (Wildman–Crippen LogP) is 3.50. The molecule has 1 saturated carbocycles. The van der Waals surface area contributed by atoms with E-state index in [0.717, 1.165) is 31.4 Å². The number of hydrogen-bond donors (Lipinski definition) is 2. The summed E-state index contributed by atoms with van der Waals surface area (Å²) in [7, 11) is 0. The van der Waals surface area contributed by atoms with Crippen molar-refractivity contribution in [2.45, 2.75) is 38.6 Å². The lowest BCUT2D eigenvalue weighted by atomic mass is 9.77. The first-order chi connectivity index (χ1) is 13.1. The summed E-state index contributed by atoms with van der Waals surface area (Å²) in [6, 6.07) is 15.1. The second kappa shape index (κ2) is 9.31. The number of nitrogens with one attached hydrogen (secondary N) is 2. The largest absolute Gasteiger partial charge is 0.352 e. The summed E-state index contributed by atoms with van der Waals surface area (Å²) in [4.78, 5) is 28.3. The maximum atomic E-state index is 12.2. The highest BCUT2D eigenvalue weighted by atomic mass is 16.2. The zero-order valence-corrected chi connectivity index (χ0v) is 15.7. The molecule has 3 rings (SSSR count). The average Bonchev–Trinajstić information content (AvgIpc) is 2.72. The molecule has 1 aliphatic carbocycles. The van der Waals surface area contributed by atoms with E-state index in [9.17, 15) is 9.59 Å². The van der Waals surface area contributed by atoms with Crippen LogP contribution in [0.1, 0.15) is 54.7 Å². The van der Waals surface area contributed by atoms with E-state index < -0.39 is 0 Å². The van der Waals surface area contributed by atoms with Crippen molar-refractivity contribution in [1.29, 1.82) is 0 Å². The second-order valence-electron chi connectivity index (χ2n) is 7.29. The standard InChI is InChI=1S/C22H27N3O2/c1-16(26)25-21(20-9-5-6-14-23-20)18-12-10-17(11-13-18)15-24-22(27)19-7-3-2-4-8-19/h2-9,14,17-18,21H,10-13,15H2,1H3,(H,24,27)(H,25,26)/t17?,18?,21-/m0/s1. The van der Waals surface area contributed by atoms with Crippen LogP contribution in [-0.4, -0.2) is 23.3 Å². The first kappa shape index (κ1) is 19.1. The molecule has 1 fully saturated rings. The summed E-state index contributed by atoms with van der Waals surface area (Å²) in [6.45, 7) is 2.26. The normalized spacial score (nSPS) is 20.5. The van der Waals surface area contributed by atoms with Gasteiger partial charge in [0.15, 0.2) is 0 Å². The third-order valence-electron chi connectivity index (χ3n) is 5.32. The van der Waals surface area contributed by atoms with Crippen LogP contribution < -0.4 is 10.6 Å². The van der Waals surface area contributed by atoms with Crippen molar-refractivity contribution in [3.63, 3.8) is 0 Å². The Kier molecular flexibility index (Phi) is 6.58. The first-order valence-corrected chi connectivity index (χ1v) is 9.64. The zero-order valence-electron chi connectivity index (χ0n) is 15.7. The molecule has 0 unspecified atom stereocenters. The van der Waals surface area contributed by atoms with Crippen LogP contribution in [0.3, 0.4) is 0 Å². The highest BCUT2D eigenvalue weighted by Crippen LogP contribution is 2.36. The maximum Gasteiger partial charge on any atom is 0.251 e. The summed E-state index contributed by atoms with van der Waals surface area (Å²) < 4.78 is 0. The van der Waals surface area contributed by atoms with Crippen LogP contribution in [0.25, 0.3) is 0 Å². The number of pyridine rings is 1. The quantitative estimate of drug-likeness (QED) is 0.823. The minimum atomic E-state index is -0.0384. The number of hydrogen-bond acceptors (Lipinski definition) is 3. The van der Waals surface area contributed by atoms with Gasteiger partial charge in [0.05, 0.1) is 11.7 Å². The van der Waals surface area contributed by atoms with Gasteiger partial charge >= 0.3 is 0 Å². The molecule has 2 aromatic rings. The van der Waals surface area contributed by atoms with Gasteiger partial charge in [-0.1, -0.05) is 24.3 Å². The van der Waals surface area contributed by atoms with Crippen molar-refractivity contribution in [2.24, 2.45) is 11.8 Å². The van der Waals surface area contributed by atoms with E-state index in [-0.39, 0.29) is 17.9 Å². The molecule has 0 aliphatic heterocycles. The van der Waals surface area contributed by atoms with Crippen LogP contribution in [-0.2, 0) is 4.79 Å². The monoisotopic (exact) mass is 365 g/mol. The van der Waals surface area contributed by atoms with E-state index in [0.29, 0.717) is 23.9 Å². The van der Waals surface area contributed by atoms with E-state index >= 15 is 0 Å². The Bertz CT molecular complexity index is 741. The van der Waals surface area contributed by atoms with Gasteiger partial charge in [-0.3, -0.25) is 14.6 Å². The molecule has 0 spiro atoms. The molecule has 0 bridgehead atoms. The van der Waals surface area contributed by atoms with Gasteiger partial charge in [0.25, 0.3) is 5.91 Å². The van der Waals surface area contributed by atoms with E-state index in [1.807, 2.05) is 48.5 Å². The number of benzene rings is 1. The molecule has 2 N–H and O–H groups in total. The van der Waals surface area contributed by atoms with Gasteiger partial charge in [-0.25, -0.2) is 0 Å². The smallest absolute Gasteiger partial charge is 0.251 e. The summed E-state index contributed by atoms with van der Waals surface area (Å²) in [5.74, 6) is 0.825. The molecule has 27 heavy (non-hydrogen) atoms. The van der Waals surface area contributed by atoms with Crippen LogP contribution in [0.2, 0.25) is 0 Å². The molecule has 1 atom stereocenters. The lowest BCUT2D eigenvalue weighted by Gasteiger charge is -2.34. The molecule has 0 radical (unpaired) electrons. The van der Waals surface area contributed by atoms with Crippen molar-refractivity contribution in [2.75, 3.05) is 6.54 Å². The predicted molar refractivity (Wildman–Crippen MR) is 105 cm³/mol.